The second kappa shape index (κ2) is 5.87. The van der Waals surface area contributed by atoms with Crippen LogP contribution in [-0.2, 0) is 6.42 Å². The van der Waals surface area contributed by atoms with E-state index in [1.165, 1.54) is 24.8 Å². The van der Waals surface area contributed by atoms with Gasteiger partial charge < -0.3 is 9.84 Å². The van der Waals surface area contributed by atoms with Crippen LogP contribution in [0, 0.1) is 17.3 Å². The van der Waals surface area contributed by atoms with Crippen molar-refractivity contribution in [3.63, 3.8) is 0 Å². The summed E-state index contributed by atoms with van der Waals surface area (Å²) in [6, 6.07) is 6.68. The highest BCUT2D eigenvalue weighted by atomic mass is 16.5. The summed E-state index contributed by atoms with van der Waals surface area (Å²) in [5.74, 6) is 3.01. The van der Waals surface area contributed by atoms with Crippen LogP contribution in [0.15, 0.2) is 30.4 Å². The summed E-state index contributed by atoms with van der Waals surface area (Å²) in [5, 5.41) is 11.5. The molecule has 1 aromatic carbocycles. The predicted octanol–water partition coefficient (Wildman–Crippen LogP) is 5.25. The zero-order valence-corrected chi connectivity index (χ0v) is 16.0. The van der Waals surface area contributed by atoms with E-state index < -0.39 is 5.60 Å². The van der Waals surface area contributed by atoms with Crippen molar-refractivity contribution in [1.29, 1.82) is 0 Å². The Morgan fingerprint density at radius 2 is 2.08 bits per heavy atom. The Morgan fingerprint density at radius 3 is 2.80 bits per heavy atom. The van der Waals surface area contributed by atoms with Crippen molar-refractivity contribution in [2.45, 2.75) is 70.3 Å². The first kappa shape index (κ1) is 17.1. The van der Waals surface area contributed by atoms with E-state index in [0.29, 0.717) is 11.8 Å². The van der Waals surface area contributed by atoms with Crippen LogP contribution in [0.1, 0.15) is 69.4 Å². The Balaban J connectivity index is 1.65. The highest BCUT2D eigenvalue weighted by Crippen LogP contribution is 2.65. The van der Waals surface area contributed by atoms with E-state index in [4.69, 9.17) is 4.74 Å². The fourth-order valence-corrected chi connectivity index (χ4v) is 6.59. The van der Waals surface area contributed by atoms with Gasteiger partial charge in [-0.2, -0.15) is 0 Å². The second-order valence-electron chi connectivity index (χ2n) is 9.14. The molecule has 136 valence electrons. The lowest BCUT2D eigenvalue weighted by atomic mass is 9.53. The zero-order valence-electron chi connectivity index (χ0n) is 16.0. The molecule has 0 aliphatic heterocycles. The van der Waals surface area contributed by atoms with Crippen molar-refractivity contribution in [2.24, 2.45) is 17.3 Å². The largest absolute Gasteiger partial charge is 0.497 e. The number of hydrogen-bond donors (Lipinski definition) is 1. The van der Waals surface area contributed by atoms with Gasteiger partial charge in [-0.1, -0.05) is 18.6 Å². The number of aryl methyl sites for hydroxylation is 1. The molecule has 0 heterocycles. The minimum Gasteiger partial charge on any atom is -0.497 e. The summed E-state index contributed by atoms with van der Waals surface area (Å²) in [7, 11) is 1.75. The van der Waals surface area contributed by atoms with E-state index in [9.17, 15) is 5.11 Å². The molecule has 3 aliphatic rings. The van der Waals surface area contributed by atoms with E-state index in [1.54, 1.807) is 12.7 Å². The molecule has 0 amide bonds. The molecule has 0 bridgehead atoms. The summed E-state index contributed by atoms with van der Waals surface area (Å²) in [4.78, 5) is 0. The van der Waals surface area contributed by atoms with Gasteiger partial charge in [-0.05, 0) is 98.3 Å². The van der Waals surface area contributed by atoms with Crippen molar-refractivity contribution in [1.82, 2.24) is 0 Å². The van der Waals surface area contributed by atoms with E-state index >= 15 is 0 Å². The van der Waals surface area contributed by atoms with Gasteiger partial charge in [0.2, 0.25) is 0 Å². The number of aliphatic hydroxyl groups is 1. The molecule has 1 aromatic rings. The van der Waals surface area contributed by atoms with Crippen LogP contribution in [0.3, 0.4) is 0 Å². The molecule has 2 saturated carbocycles. The number of methoxy groups -OCH3 is 1. The van der Waals surface area contributed by atoms with Crippen LogP contribution in [0.25, 0.3) is 0 Å². The molecule has 5 atom stereocenters. The summed E-state index contributed by atoms with van der Waals surface area (Å²) in [6.45, 7) is 8.52. The fourth-order valence-electron chi connectivity index (χ4n) is 6.59. The third kappa shape index (κ3) is 2.48. The molecule has 2 fully saturated rings. The third-order valence-electron chi connectivity index (χ3n) is 7.85. The van der Waals surface area contributed by atoms with Crippen LogP contribution < -0.4 is 4.74 Å². The van der Waals surface area contributed by atoms with Crippen LogP contribution in [0.4, 0.5) is 0 Å². The second-order valence-corrected chi connectivity index (χ2v) is 9.14. The molecule has 5 unspecified atom stereocenters. The van der Waals surface area contributed by atoms with Crippen LogP contribution in [-0.4, -0.2) is 17.8 Å². The topological polar surface area (TPSA) is 29.5 Å². The van der Waals surface area contributed by atoms with Crippen molar-refractivity contribution < 1.29 is 9.84 Å². The molecule has 0 saturated heterocycles. The van der Waals surface area contributed by atoms with Crippen molar-refractivity contribution >= 4 is 0 Å². The van der Waals surface area contributed by atoms with Crippen LogP contribution in [0.2, 0.25) is 0 Å². The Bertz CT molecular complexity index is 693. The number of fused-ring (bicyclic) bond motifs is 5. The van der Waals surface area contributed by atoms with Gasteiger partial charge in [0.15, 0.2) is 0 Å². The van der Waals surface area contributed by atoms with Gasteiger partial charge in [0.05, 0.1) is 12.7 Å². The van der Waals surface area contributed by atoms with Crippen molar-refractivity contribution in [3.8, 4) is 5.75 Å². The molecule has 2 heteroatoms. The summed E-state index contributed by atoms with van der Waals surface area (Å²) >= 11 is 0. The lowest BCUT2D eigenvalue weighted by molar-refractivity contribution is -0.102. The Morgan fingerprint density at radius 1 is 1.28 bits per heavy atom. The normalized spacial score (nSPS) is 39.3. The van der Waals surface area contributed by atoms with E-state index in [2.05, 4.69) is 38.6 Å². The highest BCUT2D eigenvalue weighted by Gasteiger charge is 2.61. The van der Waals surface area contributed by atoms with E-state index in [-0.39, 0.29) is 5.41 Å². The van der Waals surface area contributed by atoms with Crippen molar-refractivity contribution in [3.05, 3.63) is 41.5 Å². The molecule has 1 N–H and O–H groups in total. The first-order chi connectivity index (χ1) is 11.9. The maximum atomic E-state index is 11.5. The van der Waals surface area contributed by atoms with Gasteiger partial charge in [-0.15, -0.1) is 6.58 Å². The number of rotatable bonds is 3. The van der Waals surface area contributed by atoms with Crippen LogP contribution in [0.5, 0.6) is 5.75 Å². The van der Waals surface area contributed by atoms with Gasteiger partial charge in [-0.3, -0.25) is 0 Å². The average Bonchev–Trinajstić information content (AvgIpc) is 2.84. The molecular formula is C23H32O2. The molecule has 4 rings (SSSR count). The maximum Gasteiger partial charge on any atom is 0.119 e. The maximum absolute atomic E-state index is 11.5. The van der Waals surface area contributed by atoms with Crippen LogP contribution >= 0.6 is 0 Å². The molecule has 0 spiro atoms. The molecule has 2 nitrogen and oxygen atoms in total. The molecule has 25 heavy (non-hydrogen) atoms. The standard InChI is InChI=1S/C23H32O2/c1-15(2)14-23(24)12-10-21-20-7-5-16-13-17(25-4)6-8-18(16)19(20)9-11-22(21,23)3/h6,8,13,19-21,24H,1,5,7,9-12,14H2,2-4H3. The number of ether oxygens (including phenoxy) is 1. The first-order valence-corrected chi connectivity index (χ1v) is 9.91. The Kier molecular flexibility index (Phi) is 4.03. The van der Waals surface area contributed by atoms with Gasteiger partial charge in [0, 0.05) is 0 Å². The van der Waals surface area contributed by atoms with Crippen molar-refractivity contribution in [2.75, 3.05) is 7.11 Å². The van der Waals surface area contributed by atoms with E-state index in [1.807, 2.05) is 0 Å². The molecule has 0 radical (unpaired) electrons. The fraction of sp³-hybridized carbons (Fsp3) is 0.652. The zero-order chi connectivity index (χ0) is 17.8. The minimum absolute atomic E-state index is 0.0527. The minimum atomic E-state index is -0.547. The number of benzene rings is 1. The lowest BCUT2D eigenvalue weighted by Crippen LogP contribution is -2.50. The Hall–Kier alpha value is -1.28. The van der Waals surface area contributed by atoms with Gasteiger partial charge in [-0.25, -0.2) is 0 Å². The Labute approximate surface area is 152 Å². The molecule has 3 aliphatic carbocycles. The van der Waals surface area contributed by atoms with Gasteiger partial charge in [0.25, 0.3) is 0 Å². The first-order valence-electron chi connectivity index (χ1n) is 9.91. The lowest BCUT2D eigenvalue weighted by Gasteiger charge is -2.53. The predicted molar refractivity (Wildman–Crippen MR) is 102 cm³/mol. The summed E-state index contributed by atoms with van der Waals surface area (Å²) in [5.41, 5.74) is 3.66. The summed E-state index contributed by atoms with van der Waals surface area (Å²) < 4.78 is 5.42. The highest BCUT2D eigenvalue weighted by molar-refractivity contribution is 5.41. The smallest absolute Gasteiger partial charge is 0.119 e. The SMILES string of the molecule is C=C(C)CC1(O)CCC2C3CCc4cc(OC)ccc4C3CCC21C. The van der Waals surface area contributed by atoms with Gasteiger partial charge >= 0.3 is 0 Å². The monoisotopic (exact) mass is 340 g/mol. The van der Waals surface area contributed by atoms with E-state index in [0.717, 1.165) is 42.9 Å². The number of hydrogen-bond acceptors (Lipinski definition) is 2. The molecular weight excluding hydrogens is 308 g/mol. The molecule has 0 aromatic heterocycles. The third-order valence-corrected chi connectivity index (χ3v) is 7.85. The summed E-state index contributed by atoms with van der Waals surface area (Å²) in [6.07, 6.45) is 7.63. The quantitative estimate of drug-likeness (QED) is 0.762. The van der Waals surface area contributed by atoms with Gasteiger partial charge in [0.1, 0.15) is 5.75 Å². The average molecular weight is 341 g/mol.